The van der Waals surface area contributed by atoms with E-state index in [1.54, 1.807) is 42.2 Å². The molecule has 1 heterocycles. The number of rotatable bonds is 5. The first-order valence-electron chi connectivity index (χ1n) is 8.44. The van der Waals surface area contributed by atoms with Crippen molar-refractivity contribution >= 4 is 24.2 Å². The van der Waals surface area contributed by atoms with Gasteiger partial charge in [0.1, 0.15) is 11.5 Å². The highest BCUT2D eigenvalue weighted by Crippen LogP contribution is 2.24. The summed E-state index contributed by atoms with van der Waals surface area (Å²) < 4.78 is 10.4. The number of hydrogen-bond acceptors (Lipinski definition) is 5. The summed E-state index contributed by atoms with van der Waals surface area (Å²) in [6.07, 6.45) is 0. The predicted octanol–water partition coefficient (Wildman–Crippen LogP) is 1.39. The monoisotopic (exact) mass is 385 g/mol. The van der Waals surface area contributed by atoms with Gasteiger partial charge in [-0.05, 0) is 19.1 Å². The maximum absolute atomic E-state index is 12.7. The number of carbonyl (C=O) groups excluding carboxylic acids is 2. The highest BCUT2D eigenvalue weighted by Gasteiger charge is 2.28. The van der Waals surface area contributed by atoms with Crippen LogP contribution < -0.4 is 15.2 Å². The van der Waals surface area contributed by atoms with Crippen molar-refractivity contribution in [2.75, 3.05) is 40.4 Å². The first kappa shape index (κ1) is 22.1. The molecular weight excluding hydrogens is 358 g/mol. The SMILES string of the molecule is COc1cc(OC)cc(C(=O)N2CCN(C(=O)C(C)C(C)N)CC2)c1.Cl. The second-order valence-corrected chi connectivity index (χ2v) is 6.37. The average Bonchev–Trinajstić information content (AvgIpc) is 2.65. The van der Waals surface area contributed by atoms with Crippen molar-refractivity contribution in [3.63, 3.8) is 0 Å². The second-order valence-electron chi connectivity index (χ2n) is 6.37. The van der Waals surface area contributed by atoms with E-state index in [1.165, 1.54) is 0 Å². The maximum atomic E-state index is 12.7. The lowest BCUT2D eigenvalue weighted by molar-refractivity contribution is -0.137. The summed E-state index contributed by atoms with van der Waals surface area (Å²) in [5.74, 6) is 0.879. The molecule has 0 aromatic heterocycles. The number of amides is 2. The fourth-order valence-electron chi connectivity index (χ4n) is 2.76. The van der Waals surface area contributed by atoms with Crippen molar-refractivity contribution in [3.05, 3.63) is 23.8 Å². The van der Waals surface area contributed by atoms with E-state index in [9.17, 15) is 9.59 Å². The molecule has 146 valence electrons. The van der Waals surface area contributed by atoms with Crippen molar-refractivity contribution in [2.24, 2.45) is 11.7 Å². The predicted molar refractivity (Wildman–Crippen MR) is 102 cm³/mol. The van der Waals surface area contributed by atoms with Crippen LogP contribution in [0.1, 0.15) is 24.2 Å². The lowest BCUT2D eigenvalue weighted by Crippen LogP contribution is -2.53. The third-order valence-electron chi connectivity index (χ3n) is 4.66. The number of methoxy groups -OCH3 is 2. The van der Waals surface area contributed by atoms with E-state index < -0.39 is 0 Å². The molecule has 1 saturated heterocycles. The Morgan fingerprint density at radius 2 is 1.42 bits per heavy atom. The van der Waals surface area contributed by atoms with E-state index in [0.29, 0.717) is 43.2 Å². The largest absolute Gasteiger partial charge is 0.497 e. The minimum atomic E-state index is -0.218. The molecule has 7 nitrogen and oxygen atoms in total. The van der Waals surface area contributed by atoms with Crippen LogP contribution in [-0.4, -0.2) is 68.1 Å². The van der Waals surface area contributed by atoms with Gasteiger partial charge in [0.05, 0.1) is 20.1 Å². The first-order valence-corrected chi connectivity index (χ1v) is 8.44. The fraction of sp³-hybridized carbons (Fsp3) is 0.556. The second kappa shape index (κ2) is 9.64. The average molecular weight is 386 g/mol. The Labute approximate surface area is 160 Å². The van der Waals surface area contributed by atoms with Crippen LogP contribution in [0, 0.1) is 5.92 Å². The number of hydrogen-bond donors (Lipinski definition) is 1. The summed E-state index contributed by atoms with van der Waals surface area (Å²) >= 11 is 0. The summed E-state index contributed by atoms with van der Waals surface area (Å²) in [6.45, 7) is 5.70. The molecule has 1 aliphatic rings. The van der Waals surface area contributed by atoms with Gasteiger partial charge in [-0.15, -0.1) is 12.4 Å². The standard InChI is InChI=1S/C18H27N3O4.ClH/c1-12(13(2)19)17(22)20-5-7-21(8-6-20)18(23)14-9-15(24-3)11-16(10-14)25-4;/h9-13H,5-8,19H2,1-4H3;1H. The molecule has 1 aromatic rings. The molecule has 2 amide bonds. The summed E-state index contributed by atoms with van der Waals surface area (Å²) in [7, 11) is 3.10. The van der Waals surface area contributed by atoms with Crippen LogP contribution in [0.2, 0.25) is 0 Å². The number of carbonyl (C=O) groups is 2. The number of nitrogens with two attached hydrogens (primary N) is 1. The van der Waals surface area contributed by atoms with Crippen molar-refractivity contribution < 1.29 is 19.1 Å². The Balaban J connectivity index is 0.00000338. The zero-order valence-electron chi connectivity index (χ0n) is 15.7. The van der Waals surface area contributed by atoms with Crippen LogP contribution in [0.15, 0.2) is 18.2 Å². The molecular formula is C18H28ClN3O4. The lowest BCUT2D eigenvalue weighted by Gasteiger charge is -2.36. The van der Waals surface area contributed by atoms with Gasteiger partial charge < -0.3 is 25.0 Å². The highest BCUT2D eigenvalue weighted by atomic mass is 35.5. The van der Waals surface area contributed by atoms with Gasteiger partial charge in [0, 0.05) is 43.9 Å². The summed E-state index contributed by atoms with van der Waals surface area (Å²) in [5.41, 5.74) is 6.33. The zero-order chi connectivity index (χ0) is 18.6. The van der Waals surface area contributed by atoms with Crippen LogP contribution in [0.5, 0.6) is 11.5 Å². The molecule has 1 fully saturated rings. The number of nitrogens with zero attached hydrogens (tertiary/aromatic N) is 2. The smallest absolute Gasteiger partial charge is 0.254 e. The Kier molecular flexibility index (Phi) is 8.17. The molecule has 2 atom stereocenters. The molecule has 0 radical (unpaired) electrons. The number of piperazine rings is 1. The Bertz CT molecular complexity index is 609. The van der Waals surface area contributed by atoms with Crippen molar-refractivity contribution in [1.82, 2.24) is 9.80 Å². The van der Waals surface area contributed by atoms with Crippen molar-refractivity contribution in [1.29, 1.82) is 0 Å². The minimum Gasteiger partial charge on any atom is -0.497 e. The molecule has 1 aliphatic heterocycles. The fourth-order valence-corrected chi connectivity index (χ4v) is 2.76. The molecule has 2 N–H and O–H groups in total. The van der Waals surface area contributed by atoms with Gasteiger partial charge in [-0.25, -0.2) is 0 Å². The third kappa shape index (κ3) is 5.02. The van der Waals surface area contributed by atoms with E-state index in [4.69, 9.17) is 15.2 Å². The topological polar surface area (TPSA) is 85.1 Å². The van der Waals surface area contributed by atoms with E-state index >= 15 is 0 Å². The Morgan fingerprint density at radius 3 is 1.85 bits per heavy atom. The minimum absolute atomic E-state index is 0. The van der Waals surface area contributed by atoms with Crippen LogP contribution >= 0.6 is 12.4 Å². The molecule has 8 heteroatoms. The zero-order valence-corrected chi connectivity index (χ0v) is 16.5. The molecule has 0 spiro atoms. The number of benzene rings is 1. The molecule has 2 rings (SSSR count). The number of halogens is 1. The van der Waals surface area contributed by atoms with Gasteiger partial charge in [0.15, 0.2) is 0 Å². The van der Waals surface area contributed by atoms with Crippen LogP contribution in [0.25, 0.3) is 0 Å². The first-order chi connectivity index (χ1) is 11.9. The van der Waals surface area contributed by atoms with Gasteiger partial charge in [0.2, 0.25) is 5.91 Å². The molecule has 1 aromatic carbocycles. The van der Waals surface area contributed by atoms with Crippen LogP contribution in [-0.2, 0) is 4.79 Å². The summed E-state index contributed by atoms with van der Waals surface area (Å²) in [5, 5.41) is 0. The van der Waals surface area contributed by atoms with Gasteiger partial charge in [-0.2, -0.15) is 0 Å². The molecule has 2 unspecified atom stereocenters. The van der Waals surface area contributed by atoms with Gasteiger partial charge in [-0.3, -0.25) is 9.59 Å². The van der Waals surface area contributed by atoms with E-state index in [2.05, 4.69) is 0 Å². The normalized spacial score (nSPS) is 16.3. The van der Waals surface area contributed by atoms with Crippen LogP contribution in [0.4, 0.5) is 0 Å². The third-order valence-corrected chi connectivity index (χ3v) is 4.66. The summed E-state index contributed by atoms with van der Waals surface area (Å²) in [4.78, 5) is 28.6. The molecule has 0 saturated carbocycles. The van der Waals surface area contributed by atoms with Gasteiger partial charge in [0.25, 0.3) is 5.91 Å². The van der Waals surface area contributed by atoms with E-state index in [0.717, 1.165) is 0 Å². The van der Waals surface area contributed by atoms with Crippen molar-refractivity contribution in [3.8, 4) is 11.5 Å². The number of ether oxygens (including phenoxy) is 2. The quantitative estimate of drug-likeness (QED) is 0.827. The van der Waals surface area contributed by atoms with Crippen LogP contribution in [0.3, 0.4) is 0 Å². The Morgan fingerprint density at radius 1 is 0.962 bits per heavy atom. The Hall–Kier alpha value is -1.99. The molecule has 0 aliphatic carbocycles. The highest BCUT2D eigenvalue weighted by molar-refractivity contribution is 5.95. The molecule has 26 heavy (non-hydrogen) atoms. The maximum Gasteiger partial charge on any atom is 0.254 e. The molecule has 0 bridgehead atoms. The summed E-state index contributed by atoms with van der Waals surface area (Å²) in [6, 6.07) is 4.93. The van der Waals surface area contributed by atoms with E-state index in [1.807, 2.05) is 13.8 Å². The van der Waals surface area contributed by atoms with Gasteiger partial charge >= 0.3 is 0 Å². The lowest BCUT2D eigenvalue weighted by atomic mass is 10.0. The van der Waals surface area contributed by atoms with Gasteiger partial charge in [-0.1, -0.05) is 6.92 Å². The van der Waals surface area contributed by atoms with E-state index in [-0.39, 0.29) is 36.2 Å². The van der Waals surface area contributed by atoms with Crippen molar-refractivity contribution in [2.45, 2.75) is 19.9 Å².